The molecule has 4 aliphatic rings. The van der Waals surface area contributed by atoms with Gasteiger partial charge in [-0.25, -0.2) is 0 Å². The summed E-state index contributed by atoms with van der Waals surface area (Å²) >= 11 is 0. The molecule has 3 fully saturated rings. The van der Waals surface area contributed by atoms with Crippen molar-refractivity contribution in [1.82, 2.24) is 14.7 Å². The van der Waals surface area contributed by atoms with Gasteiger partial charge in [0.2, 0.25) is 0 Å². The van der Waals surface area contributed by atoms with Crippen LogP contribution in [0.25, 0.3) is 16.5 Å². The molecule has 0 amide bonds. The number of fused-ring (bicyclic) bond motifs is 4. The zero-order valence-corrected chi connectivity index (χ0v) is 13.4. The molecule has 3 saturated heterocycles. The second-order valence-electron chi connectivity index (χ2n) is 7.12. The molecule has 2 aromatic rings. The van der Waals surface area contributed by atoms with Gasteiger partial charge in [0.15, 0.2) is 0 Å². The Morgan fingerprint density at radius 3 is 2.83 bits per heavy atom. The Morgan fingerprint density at radius 1 is 1.17 bits per heavy atom. The van der Waals surface area contributed by atoms with Gasteiger partial charge >= 0.3 is 0 Å². The Labute approximate surface area is 136 Å². The first-order valence-electron chi connectivity index (χ1n) is 8.85. The fraction of sp³-hybridized carbons (Fsp3) is 0.526. The molecule has 0 aliphatic carbocycles. The molecule has 5 heterocycles. The van der Waals surface area contributed by atoms with E-state index in [2.05, 4.69) is 40.1 Å². The lowest BCUT2D eigenvalue weighted by molar-refractivity contribution is 0.0534. The first-order valence-corrected chi connectivity index (χ1v) is 8.85. The molecule has 0 saturated carbocycles. The van der Waals surface area contributed by atoms with Crippen molar-refractivity contribution in [2.45, 2.75) is 25.3 Å². The van der Waals surface area contributed by atoms with Crippen molar-refractivity contribution in [2.24, 2.45) is 5.92 Å². The second kappa shape index (κ2) is 5.46. The van der Waals surface area contributed by atoms with Crippen LogP contribution in [-0.4, -0.2) is 47.5 Å². The Bertz CT molecular complexity index is 755. The highest BCUT2D eigenvalue weighted by Crippen LogP contribution is 2.37. The standard InChI is InChI=1S/C19H23N3O/c1-2-18-17(11-16(1)14-5-9-23-10-6-14)12-20-22(18)19-13-21-7-3-15(19)4-8-21/h1-2,5,11-12,15,19H,3-4,6-10,13H2/t19-/m1/s1. The Morgan fingerprint density at radius 2 is 2.09 bits per heavy atom. The molecule has 0 spiro atoms. The van der Waals surface area contributed by atoms with E-state index in [9.17, 15) is 0 Å². The molecule has 1 aromatic heterocycles. The van der Waals surface area contributed by atoms with Crippen LogP contribution < -0.4 is 0 Å². The highest BCUT2D eigenvalue weighted by Gasteiger charge is 2.36. The maximum atomic E-state index is 5.42. The van der Waals surface area contributed by atoms with Crippen molar-refractivity contribution in [3.63, 3.8) is 0 Å². The normalized spacial score (nSPS) is 30.6. The summed E-state index contributed by atoms with van der Waals surface area (Å²) in [6.07, 6.45) is 7.94. The highest BCUT2D eigenvalue weighted by atomic mass is 16.5. The Hall–Kier alpha value is -1.65. The molecule has 0 unspecified atom stereocenters. The molecule has 6 rings (SSSR count). The lowest BCUT2D eigenvalue weighted by Gasteiger charge is -2.44. The van der Waals surface area contributed by atoms with Gasteiger partial charge in [0.25, 0.3) is 0 Å². The summed E-state index contributed by atoms with van der Waals surface area (Å²) in [6.45, 7) is 5.31. The molecule has 23 heavy (non-hydrogen) atoms. The van der Waals surface area contributed by atoms with Gasteiger partial charge in [0.1, 0.15) is 0 Å². The van der Waals surface area contributed by atoms with Crippen LogP contribution in [0.5, 0.6) is 0 Å². The van der Waals surface area contributed by atoms with Crippen molar-refractivity contribution in [2.75, 3.05) is 32.8 Å². The number of benzene rings is 1. The van der Waals surface area contributed by atoms with Gasteiger partial charge in [-0.05, 0) is 61.5 Å². The molecule has 2 bridgehead atoms. The zero-order chi connectivity index (χ0) is 15.2. The minimum atomic E-state index is 0.558. The molecule has 4 nitrogen and oxygen atoms in total. The van der Waals surface area contributed by atoms with Crippen LogP contribution in [0.15, 0.2) is 30.5 Å². The van der Waals surface area contributed by atoms with E-state index in [-0.39, 0.29) is 0 Å². The lowest BCUT2D eigenvalue weighted by atomic mass is 9.84. The van der Waals surface area contributed by atoms with Gasteiger partial charge in [-0.1, -0.05) is 12.1 Å². The van der Waals surface area contributed by atoms with Crippen LogP contribution in [0.4, 0.5) is 0 Å². The van der Waals surface area contributed by atoms with Gasteiger partial charge in [0, 0.05) is 11.9 Å². The minimum Gasteiger partial charge on any atom is -0.377 e. The molecule has 0 N–H and O–H groups in total. The fourth-order valence-electron chi connectivity index (χ4n) is 4.52. The van der Waals surface area contributed by atoms with E-state index < -0.39 is 0 Å². The summed E-state index contributed by atoms with van der Waals surface area (Å²) in [6, 6.07) is 7.39. The summed E-state index contributed by atoms with van der Waals surface area (Å²) in [7, 11) is 0. The number of rotatable bonds is 2. The van der Waals surface area contributed by atoms with Crippen LogP contribution in [0.1, 0.15) is 30.9 Å². The van der Waals surface area contributed by atoms with E-state index >= 15 is 0 Å². The van der Waals surface area contributed by atoms with Crippen molar-refractivity contribution >= 4 is 16.5 Å². The molecule has 1 aromatic carbocycles. The molecular weight excluding hydrogens is 286 g/mol. The van der Waals surface area contributed by atoms with Crippen molar-refractivity contribution < 1.29 is 4.74 Å². The fourth-order valence-corrected chi connectivity index (χ4v) is 4.52. The van der Waals surface area contributed by atoms with Crippen LogP contribution in [-0.2, 0) is 4.74 Å². The average molecular weight is 309 g/mol. The summed E-state index contributed by atoms with van der Waals surface area (Å²) in [5, 5.41) is 6.04. The third-order valence-electron chi connectivity index (χ3n) is 5.87. The monoisotopic (exact) mass is 309 g/mol. The van der Waals surface area contributed by atoms with E-state index in [1.165, 1.54) is 54.5 Å². The number of hydrogen-bond acceptors (Lipinski definition) is 3. The second-order valence-corrected chi connectivity index (χ2v) is 7.12. The summed E-state index contributed by atoms with van der Waals surface area (Å²) in [4.78, 5) is 2.60. The summed E-state index contributed by atoms with van der Waals surface area (Å²) < 4.78 is 7.72. The largest absolute Gasteiger partial charge is 0.377 e. The summed E-state index contributed by atoms with van der Waals surface area (Å²) in [5.41, 5.74) is 4.03. The number of nitrogens with zero attached hydrogens (tertiary/aromatic N) is 3. The van der Waals surface area contributed by atoms with E-state index in [0.717, 1.165) is 25.6 Å². The zero-order valence-electron chi connectivity index (χ0n) is 13.4. The molecule has 1 atom stereocenters. The topological polar surface area (TPSA) is 30.3 Å². The van der Waals surface area contributed by atoms with Crippen LogP contribution >= 0.6 is 0 Å². The molecule has 0 radical (unpaired) electrons. The van der Waals surface area contributed by atoms with Crippen LogP contribution in [0.2, 0.25) is 0 Å². The molecule has 120 valence electrons. The van der Waals surface area contributed by atoms with Crippen molar-refractivity contribution in [3.8, 4) is 0 Å². The maximum Gasteiger partial charge on any atom is 0.0686 e. The van der Waals surface area contributed by atoms with Crippen molar-refractivity contribution in [3.05, 3.63) is 36.0 Å². The SMILES string of the molecule is C1=C(c2ccc3c(cnn3[C@@H]3CN4CCC3CC4)c2)CCOC1. The molecule has 4 aliphatic heterocycles. The molecular formula is C19H23N3O. The predicted octanol–water partition coefficient (Wildman–Crippen LogP) is 3.11. The predicted molar refractivity (Wildman–Crippen MR) is 91.3 cm³/mol. The van der Waals surface area contributed by atoms with E-state index in [4.69, 9.17) is 9.84 Å². The summed E-state index contributed by atoms with van der Waals surface area (Å²) in [5.74, 6) is 0.806. The molecule has 4 heteroatoms. The number of ether oxygens (including phenoxy) is 1. The third-order valence-corrected chi connectivity index (χ3v) is 5.87. The van der Waals surface area contributed by atoms with Gasteiger partial charge in [-0.3, -0.25) is 4.68 Å². The number of hydrogen-bond donors (Lipinski definition) is 0. The minimum absolute atomic E-state index is 0.558. The smallest absolute Gasteiger partial charge is 0.0686 e. The van der Waals surface area contributed by atoms with Crippen LogP contribution in [0, 0.1) is 5.92 Å². The number of piperidine rings is 3. The maximum absolute atomic E-state index is 5.42. The lowest BCUT2D eigenvalue weighted by Crippen LogP contribution is -2.48. The van der Waals surface area contributed by atoms with Gasteiger partial charge in [-0.2, -0.15) is 5.10 Å². The van der Waals surface area contributed by atoms with E-state index in [1.807, 2.05) is 0 Å². The van der Waals surface area contributed by atoms with E-state index in [0.29, 0.717) is 6.04 Å². The van der Waals surface area contributed by atoms with Gasteiger partial charge in [0.05, 0.1) is 31.0 Å². The quantitative estimate of drug-likeness (QED) is 0.854. The highest BCUT2D eigenvalue weighted by molar-refractivity contribution is 5.83. The van der Waals surface area contributed by atoms with E-state index in [1.54, 1.807) is 0 Å². The Kier molecular flexibility index (Phi) is 3.27. The first-order chi connectivity index (χ1) is 11.4. The number of aromatic nitrogens is 2. The first kappa shape index (κ1) is 13.8. The van der Waals surface area contributed by atoms with Gasteiger partial charge < -0.3 is 9.64 Å². The third kappa shape index (κ3) is 2.32. The van der Waals surface area contributed by atoms with Crippen molar-refractivity contribution in [1.29, 1.82) is 0 Å². The Balaban J connectivity index is 1.51. The van der Waals surface area contributed by atoms with Crippen LogP contribution in [0.3, 0.4) is 0 Å². The average Bonchev–Trinajstić information content (AvgIpc) is 3.06. The van der Waals surface area contributed by atoms with Gasteiger partial charge in [-0.15, -0.1) is 0 Å².